The molecule has 3 aromatic rings. The van der Waals surface area contributed by atoms with Gasteiger partial charge in [0.15, 0.2) is 5.82 Å². The molecule has 0 N–H and O–H groups in total. The minimum absolute atomic E-state index is 0.278. The van der Waals surface area contributed by atoms with Crippen molar-refractivity contribution in [2.45, 2.75) is 51.6 Å². The van der Waals surface area contributed by atoms with Gasteiger partial charge in [-0.05, 0) is 42.5 Å². The summed E-state index contributed by atoms with van der Waals surface area (Å²) in [6.45, 7) is 5.58. The molecule has 0 saturated heterocycles. The molecule has 0 bridgehead atoms. The molecule has 3 heterocycles. The third-order valence-electron chi connectivity index (χ3n) is 5.68. The molecule has 2 aliphatic rings. The zero-order chi connectivity index (χ0) is 18.4. The molecule has 0 atom stereocenters. The molecule has 140 valence electrons. The fourth-order valence-electron chi connectivity index (χ4n) is 3.90. The first-order valence-electron chi connectivity index (χ1n) is 9.91. The van der Waals surface area contributed by atoms with Crippen LogP contribution >= 0.6 is 0 Å². The lowest BCUT2D eigenvalue weighted by atomic mass is 10.1. The summed E-state index contributed by atoms with van der Waals surface area (Å²) in [5, 5.41) is 5.76. The third kappa shape index (κ3) is 3.30. The molecule has 0 spiro atoms. The number of rotatable bonds is 4. The molecule has 27 heavy (non-hydrogen) atoms. The topological polar surface area (TPSA) is 64.2 Å². The van der Waals surface area contributed by atoms with Gasteiger partial charge in [-0.2, -0.15) is 5.10 Å². The van der Waals surface area contributed by atoms with Crippen LogP contribution in [-0.4, -0.2) is 32.8 Å². The number of hydrogen-bond donors (Lipinski definition) is 0. The quantitative estimate of drug-likeness (QED) is 0.666. The summed E-state index contributed by atoms with van der Waals surface area (Å²) in [5.41, 5.74) is 2.70. The normalized spacial score (nSPS) is 17.8. The average molecular weight is 364 g/mol. The van der Waals surface area contributed by atoms with Crippen molar-refractivity contribution in [1.82, 2.24) is 19.7 Å². The lowest BCUT2D eigenvalue weighted by Crippen LogP contribution is -2.27. The van der Waals surface area contributed by atoms with Crippen molar-refractivity contribution in [3.05, 3.63) is 57.5 Å². The summed E-state index contributed by atoms with van der Waals surface area (Å²) in [4.78, 5) is 19.2. The summed E-state index contributed by atoms with van der Waals surface area (Å²) in [6.07, 6.45) is 4.34. The largest absolute Gasteiger partial charge is 0.423 e. The summed E-state index contributed by atoms with van der Waals surface area (Å²) in [7, 11) is 0. The van der Waals surface area contributed by atoms with Crippen LogP contribution in [0.15, 0.2) is 33.5 Å². The van der Waals surface area contributed by atoms with Crippen LogP contribution < -0.4 is 5.63 Å². The maximum atomic E-state index is 12.0. The summed E-state index contributed by atoms with van der Waals surface area (Å²) in [6, 6.07) is 7.75. The van der Waals surface area contributed by atoms with Crippen molar-refractivity contribution in [1.29, 1.82) is 0 Å². The molecule has 1 aliphatic heterocycles. The van der Waals surface area contributed by atoms with E-state index < -0.39 is 0 Å². The maximum absolute atomic E-state index is 12.0. The highest BCUT2D eigenvalue weighted by Gasteiger charge is 2.29. The Hall–Kier alpha value is -2.47. The van der Waals surface area contributed by atoms with Crippen LogP contribution in [-0.2, 0) is 25.9 Å². The first kappa shape index (κ1) is 16.7. The average Bonchev–Trinajstić information content (AvgIpc) is 3.47. The highest BCUT2D eigenvalue weighted by molar-refractivity contribution is 5.80. The van der Waals surface area contributed by atoms with Crippen LogP contribution in [0.5, 0.6) is 0 Å². The summed E-state index contributed by atoms with van der Waals surface area (Å²) < 4.78 is 7.48. The smallest absolute Gasteiger partial charge is 0.336 e. The van der Waals surface area contributed by atoms with Gasteiger partial charge in [0.2, 0.25) is 0 Å². The molecule has 0 amide bonds. The molecule has 2 aromatic heterocycles. The predicted molar refractivity (Wildman–Crippen MR) is 103 cm³/mol. The van der Waals surface area contributed by atoms with E-state index in [9.17, 15) is 4.79 Å². The number of benzene rings is 1. The van der Waals surface area contributed by atoms with E-state index in [0.717, 1.165) is 61.6 Å². The fourth-order valence-corrected chi connectivity index (χ4v) is 3.90. The Morgan fingerprint density at radius 2 is 2.07 bits per heavy atom. The first-order valence-corrected chi connectivity index (χ1v) is 9.91. The van der Waals surface area contributed by atoms with Gasteiger partial charge in [-0.25, -0.2) is 14.5 Å². The first-order chi connectivity index (χ1) is 13.2. The predicted octanol–water partition coefficient (Wildman–Crippen LogP) is 2.88. The van der Waals surface area contributed by atoms with E-state index in [4.69, 9.17) is 14.5 Å². The van der Waals surface area contributed by atoms with Gasteiger partial charge in [0.1, 0.15) is 11.4 Å². The van der Waals surface area contributed by atoms with Gasteiger partial charge in [-0.15, -0.1) is 0 Å². The second kappa shape index (κ2) is 6.60. The minimum atomic E-state index is -0.278. The Kier molecular flexibility index (Phi) is 4.08. The molecule has 6 heteroatoms. The zero-order valence-corrected chi connectivity index (χ0v) is 15.6. The number of fused-ring (bicyclic) bond motifs is 2. The molecule has 1 fully saturated rings. The number of nitrogens with zero attached hydrogens (tertiary/aromatic N) is 4. The number of aryl methyl sites for hydroxylation is 1. The highest BCUT2D eigenvalue weighted by atomic mass is 16.4. The second-order valence-corrected chi connectivity index (χ2v) is 7.68. The van der Waals surface area contributed by atoms with Gasteiger partial charge < -0.3 is 4.42 Å². The Balaban J connectivity index is 1.38. The Morgan fingerprint density at radius 1 is 1.19 bits per heavy atom. The van der Waals surface area contributed by atoms with E-state index in [1.807, 2.05) is 12.1 Å². The van der Waals surface area contributed by atoms with Crippen molar-refractivity contribution in [3.8, 4) is 0 Å². The summed E-state index contributed by atoms with van der Waals surface area (Å²) in [5.74, 6) is 2.74. The van der Waals surface area contributed by atoms with Gasteiger partial charge in [0.25, 0.3) is 0 Å². The van der Waals surface area contributed by atoms with E-state index in [2.05, 4.69) is 22.6 Å². The molecule has 0 unspecified atom stereocenters. The van der Waals surface area contributed by atoms with Crippen LogP contribution in [0.25, 0.3) is 11.0 Å². The standard InChI is InChI=1S/C21H24N4O2/c1-2-14-3-6-18-17(11-14)16(12-20(26)27-18)13-24-8-7-19-22-21(15-4-5-15)23-25(19)10-9-24/h3,6,11-12,15H,2,4-5,7-10,13H2,1H3. The van der Waals surface area contributed by atoms with Gasteiger partial charge in [-0.1, -0.05) is 13.0 Å². The lowest BCUT2D eigenvalue weighted by molar-refractivity contribution is 0.269. The van der Waals surface area contributed by atoms with Crippen molar-refractivity contribution >= 4 is 11.0 Å². The van der Waals surface area contributed by atoms with E-state index >= 15 is 0 Å². The SMILES string of the molecule is CCc1ccc2oc(=O)cc(CN3CCc4nc(C5CC5)nn4CC3)c2c1. The summed E-state index contributed by atoms with van der Waals surface area (Å²) >= 11 is 0. The van der Waals surface area contributed by atoms with Crippen LogP contribution in [0.4, 0.5) is 0 Å². The van der Waals surface area contributed by atoms with Gasteiger partial charge in [0.05, 0.1) is 6.54 Å². The van der Waals surface area contributed by atoms with Crippen LogP contribution in [0, 0.1) is 0 Å². The van der Waals surface area contributed by atoms with Crippen LogP contribution in [0.2, 0.25) is 0 Å². The highest BCUT2D eigenvalue weighted by Crippen LogP contribution is 2.38. The van der Waals surface area contributed by atoms with Crippen molar-refractivity contribution in [2.75, 3.05) is 13.1 Å². The minimum Gasteiger partial charge on any atom is -0.423 e. The van der Waals surface area contributed by atoms with Crippen LogP contribution in [0.1, 0.15) is 48.5 Å². The van der Waals surface area contributed by atoms with Crippen molar-refractivity contribution in [2.24, 2.45) is 0 Å². The molecule has 6 nitrogen and oxygen atoms in total. The molecule has 1 saturated carbocycles. The van der Waals surface area contributed by atoms with E-state index in [0.29, 0.717) is 11.5 Å². The van der Waals surface area contributed by atoms with E-state index in [-0.39, 0.29) is 5.63 Å². The lowest BCUT2D eigenvalue weighted by Gasteiger charge is -2.20. The monoisotopic (exact) mass is 364 g/mol. The molecular weight excluding hydrogens is 340 g/mol. The molecule has 5 rings (SSSR count). The Morgan fingerprint density at radius 3 is 2.89 bits per heavy atom. The third-order valence-corrected chi connectivity index (χ3v) is 5.68. The number of aromatic nitrogens is 3. The van der Waals surface area contributed by atoms with Gasteiger partial charge in [0, 0.05) is 43.4 Å². The van der Waals surface area contributed by atoms with E-state index in [1.165, 1.54) is 18.4 Å². The fraction of sp³-hybridized carbons (Fsp3) is 0.476. The molecule has 1 aliphatic carbocycles. The molecule has 0 radical (unpaired) electrons. The van der Waals surface area contributed by atoms with Gasteiger partial charge in [-0.3, -0.25) is 4.90 Å². The van der Waals surface area contributed by atoms with Crippen molar-refractivity contribution < 1.29 is 4.42 Å². The van der Waals surface area contributed by atoms with Crippen molar-refractivity contribution in [3.63, 3.8) is 0 Å². The second-order valence-electron chi connectivity index (χ2n) is 7.68. The van der Waals surface area contributed by atoms with Crippen LogP contribution in [0.3, 0.4) is 0 Å². The number of hydrogen-bond acceptors (Lipinski definition) is 5. The Labute approximate surface area is 157 Å². The van der Waals surface area contributed by atoms with E-state index in [1.54, 1.807) is 6.07 Å². The molecular formula is C21H24N4O2. The maximum Gasteiger partial charge on any atom is 0.336 e. The zero-order valence-electron chi connectivity index (χ0n) is 15.6. The van der Waals surface area contributed by atoms with Gasteiger partial charge >= 0.3 is 5.63 Å². The molecule has 1 aromatic carbocycles. The Bertz CT molecular complexity index is 1020.